The van der Waals surface area contributed by atoms with Crippen LogP contribution in [0.25, 0.3) is 10.9 Å². The van der Waals surface area contributed by atoms with Gasteiger partial charge < -0.3 is 24.4 Å². The summed E-state index contributed by atoms with van der Waals surface area (Å²) in [6, 6.07) is 3.25. The van der Waals surface area contributed by atoms with Crippen LogP contribution in [-0.2, 0) is 16.1 Å². The average molecular weight is 452 g/mol. The number of aromatic nitrogens is 2. The Balaban J connectivity index is 1.64. The van der Waals surface area contributed by atoms with Crippen LogP contribution in [0.15, 0.2) is 42.3 Å². The van der Waals surface area contributed by atoms with E-state index in [9.17, 15) is 23.1 Å². The molecular formula is C21H23F3N4O4. The first-order chi connectivity index (χ1) is 15.3. The minimum Gasteiger partial charge on any atom is -0.494 e. The van der Waals surface area contributed by atoms with Crippen LogP contribution in [0.2, 0.25) is 0 Å². The zero-order valence-corrected chi connectivity index (χ0v) is 17.4. The van der Waals surface area contributed by atoms with Crippen molar-refractivity contribution in [2.45, 2.75) is 18.8 Å². The predicted octanol–water partition coefficient (Wildman–Crippen LogP) is 2.09. The summed E-state index contributed by atoms with van der Waals surface area (Å²) in [7, 11) is 1.41. The number of benzene rings is 1. The monoisotopic (exact) mass is 452 g/mol. The lowest BCUT2D eigenvalue weighted by molar-refractivity contribution is -0.191. The van der Waals surface area contributed by atoms with E-state index in [0.717, 1.165) is 0 Å². The number of alkyl halides is 3. The maximum Gasteiger partial charge on any atom is 0.420 e. The number of morpholine rings is 1. The van der Waals surface area contributed by atoms with Crippen molar-refractivity contribution in [1.82, 2.24) is 14.7 Å². The quantitative estimate of drug-likeness (QED) is 0.749. The van der Waals surface area contributed by atoms with Gasteiger partial charge in [0.15, 0.2) is 6.10 Å². The van der Waals surface area contributed by atoms with Gasteiger partial charge in [-0.2, -0.15) is 18.3 Å². The van der Waals surface area contributed by atoms with Gasteiger partial charge in [0, 0.05) is 37.3 Å². The molecule has 1 aromatic carbocycles. The van der Waals surface area contributed by atoms with E-state index in [4.69, 9.17) is 9.47 Å². The van der Waals surface area contributed by atoms with Gasteiger partial charge in [-0.3, -0.25) is 9.48 Å². The molecule has 3 heterocycles. The molecule has 8 nitrogen and oxygen atoms in total. The van der Waals surface area contributed by atoms with Crippen molar-refractivity contribution in [2.75, 3.05) is 44.9 Å². The third kappa shape index (κ3) is 4.44. The Bertz CT molecular complexity index is 1060. The van der Waals surface area contributed by atoms with E-state index in [2.05, 4.69) is 5.10 Å². The number of allylic oxidation sites excluding steroid dienone is 2. The molecule has 1 N–H and O–H groups in total. The topological polar surface area (TPSA) is 80.1 Å². The second kappa shape index (κ2) is 8.83. The van der Waals surface area contributed by atoms with Crippen LogP contribution in [-0.4, -0.2) is 77.9 Å². The number of anilines is 1. The van der Waals surface area contributed by atoms with Crippen LogP contribution in [0.3, 0.4) is 0 Å². The molecule has 32 heavy (non-hydrogen) atoms. The molecule has 1 fully saturated rings. The molecule has 0 spiro atoms. The predicted molar refractivity (Wildman–Crippen MR) is 110 cm³/mol. The summed E-state index contributed by atoms with van der Waals surface area (Å²) >= 11 is 0. The van der Waals surface area contributed by atoms with Crippen molar-refractivity contribution >= 4 is 22.5 Å². The molecule has 2 aliphatic heterocycles. The number of amides is 1. The number of halogens is 3. The van der Waals surface area contributed by atoms with Crippen molar-refractivity contribution in [3.63, 3.8) is 0 Å². The van der Waals surface area contributed by atoms with Crippen molar-refractivity contribution < 1.29 is 32.5 Å². The SMILES string of the molecule is COc1cc2nn(CC(=O)N3CCOCC3)cc2cc1N1CC=CC=C1C(O)C(F)(F)F. The molecule has 1 aromatic heterocycles. The zero-order valence-electron chi connectivity index (χ0n) is 17.4. The smallest absolute Gasteiger partial charge is 0.420 e. The van der Waals surface area contributed by atoms with Crippen LogP contribution in [0, 0.1) is 0 Å². The standard InChI is InChI=1S/C21H23F3N4O4/c1-31-18-11-15-14(12-27(25-15)13-19(29)26-6-8-32-9-7-26)10-17(18)28-5-3-2-4-16(28)20(30)21(22,23)24/h2-4,10-12,20,30H,5-9,13H2,1H3. The first-order valence-corrected chi connectivity index (χ1v) is 10.1. The molecule has 2 aromatic rings. The maximum atomic E-state index is 13.2. The molecular weight excluding hydrogens is 429 g/mol. The molecule has 172 valence electrons. The van der Waals surface area contributed by atoms with Gasteiger partial charge in [0.25, 0.3) is 0 Å². The van der Waals surface area contributed by atoms with Crippen LogP contribution >= 0.6 is 0 Å². The summed E-state index contributed by atoms with van der Waals surface area (Å²) in [6.07, 6.45) is -1.39. The van der Waals surface area contributed by atoms with Gasteiger partial charge >= 0.3 is 6.18 Å². The number of rotatable bonds is 5. The summed E-state index contributed by atoms with van der Waals surface area (Å²) in [5.74, 6) is 0.214. The minimum atomic E-state index is -4.81. The highest BCUT2D eigenvalue weighted by atomic mass is 19.4. The fourth-order valence-electron chi connectivity index (χ4n) is 3.77. The molecule has 0 radical (unpaired) electrons. The van der Waals surface area contributed by atoms with E-state index >= 15 is 0 Å². The highest BCUT2D eigenvalue weighted by Crippen LogP contribution is 2.38. The summed E-state index contributed by atoms with van der Waals surface area (Å²) in [6.45, 7) is 2.21. The third-order valence-corrected chi connectivity index (χ3v) is 5.40. The van der Waals surface area contributed by atoms with E-state index in [-0.39, 0.29) is 24.7 Å². The van der Waals surface area contributed by atoms with Crippen LogP contribution < -0.4 is 9.64 Å². The Labute approximate surface area is 182 Å². The van der Waals surface area contributed by atoms with E-state index < -0.39 is 12.3 Å². The molecule has 1 amide bonds. The van der Waals surface area contributed by atoms with Crippen LogP contribution in [0.1, 0.15) is 0 Å². The molecule has 0 saturated carbocycles. The van der Waals surface area contributed by atoms with Crippen molar-refractivity contribution in [3.05, 3.63) is 42.3 Å². The largest absolute Gasteiger partial charge is 0.494 e. The van der Waals surface area contributed by atoms with Gasteiger partial charge in [-0.05, 0) is 12.1 Å². The molecule has 1 atom stereocenters. The summed E-state index contributed by atoms with van der Waals surface area (Å²) in [5.41, 5.74) is 0.598. The Morgan fingerprint density at radius 2 is 2.06 bits per heavy atom. The molecule has 0 bridgehead atoms. The van der Waals surface area contributed by atoms with Gasteiger partial charge in [0.2, 0.25) is 5.91 Å². The number of hydrogen-bond donors (Lipinski definition) is 1. The number of nitrogens with zero attached hydrogens (tertiary/aromatic N) is 4. The van der Waals surface area contributed by atoms with E-state index in [1.54, 1.807) is 29.3 Å². The Hall–Kier alpha value is -3.05. The molecule has 1 saturated heterocycles. The molecule has 2 aliphatic rings. The minimum absolute atomic E-state index is 0.0384. The lowest BCUT2D eigenvalue weighted by Crippen LogP contribution is -2.42. The highest BCUT2D eigenvalue weighted by molar-refractivity contribution is 5.87. The molecule has 4 rings (SSSR count). The van der Waals surface area contributed by atoms with Crippen LogP contribution in [0.4, 0.5) is 18.9 Å². The number of aliphatic hydroxyl groups is 1. The molecule has 11 heteroatoms. The lowest BCUT2D eigenvalue weighted by atomic mass is 10.1. The summed E-state index contributed by atoms with van der Waals surface area (Å²) in [5, 5.41) is 14.9. The van der Waals surface area contributed by atoms with E-state index in [1.165, 1.54) is 28.8 Å². The number of aliphatic hydroxyl groups excluding tert-OH is 1. The van der Waals surface area contributed by atoms with E-state index in [1.807, 2.05) is 0 Å². The van der Waals surface area contributed by atoms with Crippen molar-refractivity contribution in [2.24, 2.45) is 0 Å². The molecule has 0 aliphatic carbocycles. The second-order valence-corrected chi connectivity index (χ2v) is 7.48. The Morgan fingerprint density at radius 1 is 1.31 bits per heavy atom. The fraction of sp³-hybridized carbons (Fsp3) is 0.429. The number of hydrogen-bond acceptors (Lipinski definition) is 6. The number of ether oxygens (including phenoxy) is 2. The number of carbonyl (C=O) groups excluding carboxylic acids is 1. The lowest BCUT2D eigenvalue weighted by Gasteiger charge is -2.32. The van der Waals surface area contributed by atoms with E-state index in [0.29, 0.717) is 48.6 Å². The van der Waals surface area contributed by atoms with Gasteiger partial charge in [-0.1, -0.05) is 12.2 Å². The fourth-order valence-corrected chi connectivity index (χ4v) is 3.77. The molecule has 1 unspecified atom stereocenters. The van der Waals surface area contributed by atoms with Crippen molar-refractivity contribution in [3.8, 4) is 5.75 Å². The van der Waals surface area contributed by atoms with Gasteiger partial charge in [0.05, 0.1) is 37.2 Å². The Morgan fingerprint density at radius 3 is 2.75 bits per heavy atom. The first kappa shape index (κ1) is 22.2. The third-order valence-electron chi connectivity index (χ3n) is 5.40. The normalized spacial score (nSPS) is 18.1. The maximum absolute atomic E-state index is 13.2. The van der Waals surface area contributed by atoms with Gasteiger partial charge in [0.1, 0.15) is 12.3 Å². The first-order valence-electron chi connectivity index (χ1n) is 10.1. The summed E-state index contributed by atoms with van der Waals surface area (Å²) in [4.78, 5) is 15.6. The highest BCUT2D eigenvalue weighted by Gasteiger charge is 2.43. The Kier molecular flexibility index (Phi) is 6.11. The average Bonchev–Trinajstić information content (AvgIpc) is 3.18. The van der Waals surface area contributed by atoms with Crippen LogP contribution in [0.5, 0.6) is 5.75 Å². The second-order valence-electron chi connectivity index (χ2n) is 7.48. The number of fused-ring (bicyclic) bond motifs is 1. The number of methoxy groups -OCH3 is 1. The van der Waals surface area contributed by atoms with Gasteiger partial charge in [-0.15, -0.1) is 0 Å². The summed E-state index contributed by atoms with van der Waals surface area (Å²) < 4.78 is 51.8. The van der Waals surface area contributed by atoms with Gasteiger partial charge in [-0.25, -0.2) is 0 Å². The van der Waals surface area contributed by atoms with Crippen molar-refractivity contribution in [1.29, 1.82) is 0 Å². The zero-order chi connectivity index (χ0) is 22.9. The number of carbonyl (C=O) groups is 1.